The number of ether oxygens (including phenoxy) is 2. The molecule has 2 rings (SSSR count). The van der Waals surface area contributed by atoms with Crippen molar-refractivity contribution >= 4 is 52.1 Å². The van der Waals surface area contributed by atoms with Gasteiger partial charge >= 0.3 is 6.18 Å². The minimum Gasteiger partial charge on any atom is -0.487 e. The fraction of sp³-hybridized carbons (Fsp3) is 0.278. The van der Waals surface area contributed by atoms with Gasteiger partial charge in [0, 0.05) is 11.4 Å². The molecule has 0 fully saturated rings. The van der Waals surface area contributed by atoms with Crippen LogP contribution in [0.4, 0.5) is 13.2 Å². The number of hydrogen-bond donors (Lipinski definition) is 0. The van der Waals surface area contributed by atoms with Crippen LogP contribution in [0, 0.1) is 0 Å². The van der Waals surface area contributed by atoms with Crippen molar-refractivity contribution in [1.82, 2.24) is 0 Å². The van der Waals surface area contributed by atoms with Gasteiger partial charge in [0.2, 0.25) is 0 Å². The molecule has 0 atom stereocenters. The first-order valence-electron chi connectivity index (χ1n) is 7.80. The minimum atomic E-state index is -4.56. The van der Waals surface area contributed by atoms with E-state index in [0.29, 0.717) is 35.3 Å². The molecule has 2 aromatic rings. The van der Waals surface area contributed by atoms with E-state index in [9.17, 15) is 13.2 Å². The molecule has 0 aliphatic carbocycles. The maximum atomic E-state index is 12.8. The van der Waals surface area contributed by atoms with Gasteiger partial charge in [-0.05, 0) is 61.5 Å². The van der Waals surface area contributed by atoms with Crippen molar-refractivity contribution in [3.63, 3.8) is 0 Å². The van der Waals surface area contributed by atoms with Crippen LogP contribution in [0.15, 0.2) is 30.3 Å². The first-order chi connectivity index (χ1) is 12.6. The van der Waals surface area contributed by atoms with Crippen molar-refractivity contribution in [2.24, 2.45) is 0 Å². The highest BCUT2D eigenvalue weighted by atomic mass is 35.5. The summed E-state index contributed by atoms with van der Waals surface area (Å²) in [6.07, 6.45) is -3.55. The highest BCUT2D eigenvalue weighted by Crippen LogP contribution is 2.42. The summed E-state index contributed by atoms with van der Waals surface area (Å²) in [5, 5.41) is 0.479. The third-order valence-electron chi connectivity index (χ3n) is 3.47. The van der Waals surface area contributed by atoms with E-state index in [1.807, 2.05) is 6.92 Å². The Balaban J connectivity index is 2.23. The summed E-state index contributed by atoms with van der Waals surface area (Å²) in [4.78, 5) is 0. The third kappa shape index (κ3) is 6.14. The zero-order valence-corrected chi connectivity index (χ0v) is 17.1. The lowest BCUT2D eigenvalue weighted by atomic mass is 10.1. The molecule has 0 unspecified atom stereocenters. The van der Waals surface area contributed by atoms with Gasteiger partial charge < -0.3 is 9.47 Å². The highest BCUT2D eigenvalue weighted by Gasteiger charge is 2.32. The zero-order valence-electron chi connectivity index (χ0n) is 14.0. The van der Waals surface area contributed by atoms with E-state index in [1.165, 1.54) is 0 Å². The van der Waals surface area contributed by atoms with E-state index in [-0.39, 0.29) is 15.8 Å². The van der Waals surface area contributed by atoms with Crippen molar-refractivity contribution in [3.05, 3.63) is 56.5 Å². The molecular weight excluding hydrogens is 444 g/mol. The Bertz CT molecular complexity index is 818. The van der Waals surface area contributed by atoms with Crippen molar-refractivity contribution in [3.8, 4) is 11.5 Å². The van der Waals surface area contributed by atoms with Crippen LogP contribution < -0.4 is 4.74 Å². The van der Waals surface area contributed by atoms with Gasteiger partial charge in [-0.25, -0.2) is 0 Å². The predicted octanol–water partition coefficient (Wildman–Crippen LogP) is 7.75. The molecule has 0 saturated carbocycles. The molecule has 0 radical (unpaired) electrons. The molecular formula is C18H14Cl3F3O2S. The molecule has 0 spiro atoms. The Morgan fingerprint density at radius 2 is 1.67 bits per heavy atom. The molecule has 0 bridgehead atoms. The van der Waals surface area contributed by atoms with Crippen molar-refractivity contribution in [2.75, 3.05) is 6.61 Å². The Labute approximate surface area is 175 Å². The largest absolute Gasteiger partial charge is 0.487 e. The summed E-state index contributed by atoms with van der Waals surface area (Å²) < 4.78 is 49.3. The first-order valence-corrected chi connectivity index (χ1v) is 9.34. The molecule has 2 nitrogen and oxygen atoms in total. The SMILES string of the molecule is CCOC(=S)CCc1cc(Oc2c(Cl)cc(C(F)(F)F)cc2Cl)ccc1Cl. The Hall–Kier alpha value is -1.21. The van der Waals surface area contributed by atoms with E-state index >= 15 is 0 Å². The smallest absolute Gasteiger partial charge is 0.416 e. The fourth-order valence-electron chi connectivity index (χ4n) is 2.21. The Morgan fingerprint density at radius 3 is 2.22 bits per heavy atom. The molecule has 0 heterocycles. The van der Waals surface area contributed by atoms with E-state index < -0.39 is 11.7 Å². The van der Waals surface area contributed by atoms with Gasteiger partial charge in [0.1, 0.15) is 5.75 Å². The van der Waals surface area contributed by atoms with Crippen LogP contribution in [0.3, 0.4) is 0 Å². The van der Waals surface area contributed by atoms with Crippen LogP contribution in [0.1, 0.15) is 24.5 Å². The number of aryl methyl sites for hydroxylation is 1. The maximum absolute atomic E-state index is 12.8. The number of hydrogen-bond acceptors (Lipinski definition) is 3. The molecule has 0 N–H and O–H groups in total. The lowest BCUT2D eigenvalue weighted by Crippen LogP contribution is -2.05. The zero-order chi connectivity index (χ0) is 20.2. The Morgan fingerprint density at radius 1 is 1.04 bits per heavy atom. The van der Waals surface area contributed by atoms with Crippen molar-refractivity contribution < 1.29 is 22.6 Å². The molecule has 0 aromatic heterocycles. The van der Waals surface area contributed by atoms with Crippen molar-refractivity contribution in [2.45, 2.75) is 25.9 Å². The van der Waals surface area contributed by atoms with Crippen LogP contribution in [-0.4, -0.2) is 11.7 Å². The summed E-state index contributed by atoms with van der Waals surface area (Å²) >= 11 is 23.1. The number of thiocarbonyl (C=S) groups is 1. The monoisotopic (exact) mass is 456 g/mol. The van der Waals surface area contributed by atoms with E-state index in [1.54, 1.807) is 18.2 Å². The van der Waals surface area contributed by atoms with Crippen molar-refractivity contribution in [1.29, 1.82) is 0 Å². The summed E-state index contributed by atoms with van der Waals surface area (Å²) in [5.74, 6) is 0.268. The van der Waals surface area contributed by atoms with E-state index in [0.717, 1.165) is 17.7 Å². The normalized spacial score (nSPS) is 11.4. The molecule has 146 valence electrons. The molecule has 27 heavy (non-hydrogen) atoms. The van der Waals surface area contributed by atoms with Gasteiger partial charge in [-0.2, -0.15) is 13.2 Å². The van der Waals surface area contributed by atoms with Gasteiger partial charge in [-0.3, -0.25) is 0 Å². The van der Waals surface area contributed by atoms with Gasteiger partial charge in [0.25, 0.3) is 0 Å². The van der Waals surface area contributed by atoms with E-state index in [2.05, 4.69) is 0 Å². The Kier molecular flexibility index (Phi) is 7.63. The second-order valence-corrected chi connectivity index (χ2v) is 7.10. The average molecular weight is 458 g/mol. The second kappa shape index (κ2) is 9.32. The number of benzene rings is 2. The van der Waals surface area contributed by atoms with Gasteiger partial charge in [0.05, 0.1) is 22.2 Å². The van der Waals surface area contributed by atoms with Gasteiger partial charge in [-0.1, -0.05) is 34.8 Å². The first kappa shape index (κ1) is 22.1. The van der Waals surface area contributed by atoms with E-state index in [4.69, 9.17) is 56.5 Å². The molecule has 0 saturated heterocycles. The summed E-state index contributed by atoms with van der Waals surface area (Å²) in [6.45, 7) is 2.33. The van der Waals surface area contributed by atoms with Crippen LogP contribution >= 0.6 is 47.0 Å². The van der Waals surface area contributed by atoms with Crippen LogP contribution in [0.25, 0.3) is 0 Å². The lowest BCUT2D eigenvalue weighted by molar-refractivity contribution is -0.137. The molecule has 0 aliphatic rings. The lowest BCUT2D eigenvalue weighted by Gasteiger charge is -2.14. The number of halogens is 6. The molecule has 0 aliphatic heterocycles. The summed E-state index contributed by atoms with van der Waals surface area (Å²) in [6, 6.07) is 6.36. The second-order valence-electron chi connectivity index (χ2n) is 5.43. The maximum Gasteiger partial charge on any atom is 0.416 e. The van der Waals surface area contributed by atoms with Crippen LogP contribution in [0.5, 0.6) is 11.5 Å². The van der Waals surface area contributed by atoms with Crippen LogP contribution in [0.2, 0.25) is 15.1 Å². The topological polar surface area (TPSA) is 18.5 Å². The quantitative estimate of drug-likeness (QED) is 0.413. The summed E-state index contributed by atoms with van der Waals surface area (Å²) in [7, 11) is 0. The van der Waals surface area contributed by atoms with Gasteiger partial charge in [-0.15, -0.1) is 0 Å². The number of alkyl halides is 3. The van der Waals surface area contributed by atoms with Crippen LogP contribution in [-0.2, 0) is 17.3 Å². The average Bonchev–Trinajstić information content (AvgIpc) is 2.57. The standard InChI is InChI=1S/C18H14Cl3F3O2S/c1-2-25-16(27)6-3-10-7-12(4-5-13(10)19)26-17-14(20)8-11(9-15(17)21)18(22,23)24/h4-5,7-9H,2-3,6H2,1H3. The minimum absolute atomic E-state index is 0.0653. The summed E-state index contributed by atoms with van der Waals surface area (Å²) in [5.41, 5.74) is -0.207. The van der Waals surface area contributed by atoms with Gasteiger partial charge in [0.15, 0.2) is 10.8 Å². The number of rotatable bonds is 6. The fourth-order valence-corrected chi connectivity index (χ4v) is 3.21. The third-order valence-corrected chi connectivity index (χ3v) is 4.72. The molecule has 0 amide bonds. The molecule has 9 heteroatoms. The highest BCUT2D eigenvalue weighted by molar-refractivity contribution is 7.80. The predicted molar refractivity (Wildman–Crippen MR) is 106 cm³/mol. The molecule has 2 aromatic carbocycles.